The fourth-order valence-electron chi connectivity index (χ4n) is 2.77. The lowest BCUT2D eigenvalue weighted by Gasteiger charge is -2.32. The maximum atomic E-state index is 3.64. The molecule has 2 aliphatic rings. The van der Waals surface area contributed by atoms with E-state index in [1.165, 1.54) is 45.3 Å². The number of hydrogen-bond acceptors (Lipinski definition) is 2. The van der Waals surface area contributed by atoms with E-state index in [4.69, 9.17) is 0 Å². The van der Waals surface area contributed by atoms with Crippen molar-refractivity contribution in [1.82, 2.24) is 10.2 Å². The largest absolute Gasteiger partial charge is 0.310 e. The number of likely N-dealkylation sites (tertiary alicyclic amines) is 1. The van der Waals surface area contributed by atoms with Crippen LogP contribution in [0.1, 0.15) is 39.5 Å². The van der Waals surface area contributed by atoms with Gasteiger partial charge in [0.05, 0.1) is 0 Å². The Bertz CT molecular complexity index is 173. The van der Waals surface area contributed by atoms with Gasteiger partial charge >= 0.3 is 0 Å². The molecule has 2 unspecified atom stereocenters. The van der Waals surface area contributed by atoms with Gasteiger partial charge in [0.2, 0.25) is 0 Å². The lowest BCUT2D eigenvalue weighted by Crippen LogP contribution is -2.48. The van der Waals surface area contributed by atoms with E-state index >= 15 is 0 Å². The van der Waals surface area contributed by atoms with Crippen LogP contribution in [0.2, 0.25) is 0 Å². The van der Waals surface area contributed by atoms with Gasteiger partial charge in [0.25, 0.3) is 0 Å². The molecule has 0 aliphatic carbocycles. The first kappa shape index (κ1) is 9.47. The van der Waals surface area contributed by atoms with Gasteiger partial charge in [-0.15, -0.1) is 0 Å². The van der Waals surface area contributed by atoms with Crippen LogP contribution < -0.4 is 5.32 Å². The molecular weight excluding hydrogens is 160 g/mol. The van der Waals surface area contributed by atoms with Crippen molar-refractivity contribution >= 4 is 0 Å². The minimum Gasteiger partial charge on any atom is -0.310 e. The van der Waals surface area contributed by atoms with Crippen molar-refractivity contribution in [2.75, 3.05) is 19.6 Å². The van der Waals surface area contributed by atoms with E-state index in [1.54, 1.807) is 0 Å². The molecular formula is C11H22N2. The predicted octanol–water partition coefficient (Wildman–Crippen LogP) is 1.61. The average Bonchev–Trinajstić information content (AvgIpc) is 2.64. The van der Waals surface area contributed by atoms with Crippen molar-refractivity contribution in [3.63, 3.8) is 0 Å². The standard InChI is InChI=1S/C11H22N2/c1-10-5-3-8-13(10)9-11(2)6-4-7-12-11/h10,12H,3-9H2,1-2H3. The lowest BCUT2D eigenvalue weighted by atomic mass is 9.99. The highest BCUT2D eigenvalue weighted by Crippen LogP contribution is 2.24. The molecule has 0 spiro atoms. The van der Waals surface area contributed by atoms with E-state index in [9.17, 15) is 0 Å². The monoisotopic (exact) mass is 182 g/mol. The summed E-state index contributed by atoms with van der Waals surface area (Å²) in [6.45, 7) is 8.54. The van der Waals surface area contributed by atoms with Gasteiger partial charge in [-0.05, 0) is 52.6 Å². The zero-order chi connectivity index (χ0) is 9.31. The molecule has 0 aromatic heterocycles. The van der Waals surface area contributed by atoms with Crippen LogP contribution in [0.4, 0.5) is 0 Å². The Labute approximate surface area is 81.7 Å². The van der Waals surface area contributed by atoms with Crippen LogP contribution >= 0.6 is 0 Å². The summed E-state index contributed by atoms with van der Waals surface area (Å²) in [5.41, 5.74) is 0.415. The zero-order valence-electron chi connectivity index (χ0n) is 8.97. The number of nitrogens with zero attached hydrogens (tertiary/aromatic N) is 1. The molecule has 2 heteroatoms. The third kappa shape index (κ3) is 2.05. The Kier molecular flexibility index (Phi) is 2.61. The molecule has 0 amide bonds. The van der Waals surface area contributed by atoms with Crippen molar-refractivity contribution in [2.24, 2.45) is 0 Å². The van der Waals surface area contributed by atoms with Crippen molar-refractivity contribution in [2.45, 2.75) is 51.1 Å². The van der Waals surface area contributed by atoms with E-state index in [0.717, 1.165) is 6.04 Å². The molecule has 2 nitrogen and oxygen atoms in total. The van der Waals surface area contributed by atoms with Crippen LogP contribution in [0.3, 0.4) is 0 Å². The molecule has 2 heterocycles. The SMILES string of the molecule is CC1CCCN1CC1(C)CCCN1. The van der Waals surface area contributed by atoms with Crippen LogP contribution in [0.5, 0.6) is 0 Å². The van der Waals surface area contributed by atoms with E-state index in [0.29, 0.717) is 5.54 Å². The van der Waals surface area contributed by atoms with Gasteiger partial charge in [0, 0.05) is 18.1 Å². The summed E-state index contributed by atoms with van der Waals surface area (Å²) in [6.07, 6.45) is 5.52. The minimum atomic E-state index is 0.415. The van der Waals surface area contributed by atoms with Crippen LogP contribution in [0.15, 0.2) is 0 Å². The van der Waals surface area contributed by atoms with E-state index in [-0.39, 0.29) is 0 Å². The first-order valence-corrected chi connectivity index (χ1v) is 5.69. The fourth-order valence-corrected chi connectivity index (χ4v) is 2.77. The van der Waals surface area contributed by atoms with Gasteiger partial charge in [-0.1, -0.05) is 0 Å². The summed E-state index contributed by atoms with van der Waals surface area (Å²) in [5, 5.41) is 3.64. The maximum absolute atomic E-state index is 3.64. The van der Waals surface area contributed by atoms with Crippen molar-refractivity contribution < 1.29 is 0 Å². The molecule has 2 rings (SSSR count). The number of rotatable bonds is 2. The van der Waals surface area contributed by atoms with Crippen molar-refractivity contribution in [3.8, 4) is 0 Å². The summed E-state index contributed by atoms with van der Waals surface area (Å²) in [4.78, 5) is 2.65. The first-order valence-electron chi connectivity index (χ1n) is 5.69. The van der Waals surface area contributed by atoms with E-state index in [2.05, 4.69) is 24.1 Å². The highest BCUT2D eigenvalue weighted by molar-refractivity contribution is 4.93. The second-order valence-corrected chi connectivity index (χ2v) is 5.05. The van der Waals surface area contributed by atoms with Gasteiger partial charge < -0.3 is 5.32 Å². The summed E-state index contributed by atoms with van der Waals surface area (Å²) in [6, 6.07) is 0.819. The number of nitrogens with one attached hydrogen (secondary N) is 1. The zero-order valence-corrected chi connectivity index (χ0v) is 8.97. The lowest BCUT2D eigenvalue weighted by molar-refractivity contribution is 0.198. The molecule has 2 saturated heterocycles. The molecule has 0 saturated carbocycles. The Morgan fingerprint density at radius 2 is 2.31 bits per heavy atom. The third-order valence-corrected chi connectivity index (χ3v) is 3.70. The molecule has 1 N–H and O–H groups in total. The third-order valence-electron chi connectivity index (χ3n) is 3.70. The molecule has 2 aliphatic heterocycles. The molecule has 0 aromatic carbocycles. The van der Waals surface area contributed by atoms with Gasteiger partial charge in [-0.3, -0.25) is 4.90 Å². The van der Waals surface area contributed by atoms with Crippen molar-refractivity contribution in [1.29, 1.82) is 0 Å². The Morgan fingerprint density at radius 1 is 1.46 bits per heavy atom. The summed E-state index contributed by atoms with van der Waals surface area (Å²) < 4.78 is 0. The summed E-state index contributed by atoms with van der Waals surface area (Å²) in [5.74, 6) is 0. The Hall–Kier alpha value is -0.0800. The topological polar surface area (TPSA) is 15.3 Å². The molecule has 13 heavy (non-hydrogen) atoms. The second-order valence-electron chi connectivity index (χ2n) is 5.05. The van der Waals surface area contributed by atoms with Gasteiger partial charge in [-0.25, -0.2) is 0 Å². The first-order chi connectivity index (χ1) is 6.20. The van der Waals surface area contributed by atoms with Crippen LogP contribution in [-0.4, -0.2) is 36.1 Å². The quantitative estimate of drug-likeness (QED) is 0.698. The average molecular weight is 182 g/mol. The Balaban J connectivity index is 1.88. The van der Waals surface area contributed by atoms with Gasteiger partial charge in [0.1, 0.15) is 0 Å². The fraction of sp³-hybridized carbons (Fsp3) is 1.00. The van der Waals surface area contributed by atoms with Crippen molar-refractivity contribution in [3.05, 3.63) is 0 Å². The van der Waals surface area contributed by atoms with Crippen LogP contribution in [-0.2, 0) is 0 Å². The molecule has 2 fully saturated rings. The van der Waals surface area contributed by atoms with Gasteiger partial charge in [0.15, 0.2) is 0 Å². The molecule has 2 atom stereocenters. The second kappa shape index (κ2) is 3.58. The normalized spacial score (nSPS) is 41.5. The van der Waals surface area contributed by atoms with E-state index < -0.39 is 0 Å². The molecule has 0 aromatic rings. The highest BCUT2D eigenvalue weighted by Gasteiger charge is 2.32. The van der Waals surface area contributed by atoms with Crippen LogP contribution in [0.25, 0.3) is 0 Å². The maximum Gasteiger partial charge on any atom is 0.0281 e. The Morgan fingerprint density at radius 3 is 2.85 bits per heavy atom. The minimum absolute atomic E-state index is 0.415. The summed E-state index contributed by atoms with van der Waals surface area (Å²) >= 11 is 0. The van der Waals surface area contributed by atoms with Gasteiger partial charge in [-0.2, -0.15) is 0 Å². The molecule has 0 bridgehead atoms. The smallest absolute Gasteiger partial charge is 0.0281 e. The molecule has 76 valence electrons. The number of hydrogen-bond donors (Lipinski definition) is 1. The highest BCUT2D eigenvalue weighted by atomic mass is 15.2. The molecule has 0 radical (unpaired) electrons. The van der Waals surface area contributed by atoms with Crippen LogP contribution in [0, 0.1) is 0 Å². The van der Waals surface area contributed by atoms with E-state index in [1.807, 2.05) is 0 Å². The predicted molar refractivity (Wildman–Crippen MR) is 55.9 cm³/mol. The summed E-state index contributed by atoms with van der Waals surface area (Å²) in [7, 11) is 0.